The third-order valence-corrected chi connectivity index (χ3v) is 4.77. The molecule has 5 nitrogen and oxygen atoms in total. The fourth-order valence-corrected chi connectivity index (χ4v) is 3.21. The number of nitrogens with one attached hydrogen (secondary N) is 1. The van der Waals surface area contributed by atoms with E-state index < -0.39 is 16.1 Å². The Hall–Kier alpha value is -1.60. The molecule has 0 aliphatic heterocycles. The van der Waals surface area contributed by atoms with E-state index in [2.05, 4.69) is 4.72 Å². The second kappa shape index (κ2) is 6.44. The summed E-state index contributed by atoms with van der Waals surface area (Å²) in [5, 5.41) is 9.70. The van der Waals surface area contributed by atoms with Crippen molar-refractivity contribution in [3.05, 3.63) is 59.1 Å². The van der Waals surface area contributed by atoms with Gasteiger partial charge in [0.1, 0.15) is 0 Å². The van der Waals surface area contributed by atoms with Crippen LogP contribution in [0.4, 0.5) is 5.69 Å². The molecule has 0 spiro atoms. The smallest absolute Gasteiger partial charge is 0.241 e. The molecule has 0 bridgehead atoms. The van der Waals surface area contributed by atoms with E-state index in [1.54, 1.807) is 24.3 Å². The standard InChI is InChI=1S/C14H15ClN2O3S/c15-12-7-6-11(8-13(12)16)21(19,20)17-14(9-18)10-4-2-1-3-5-10/h1-8,14,17-18H,9,16H2/t14-/m0/s1. The third-order valence-electron chi connectivity index (χ3n) is 2.96. The number of rotatable bonds is 5. The molecule has 0 amide bonds. The number of benzene rings is 2. The molecule has 2 rings (SSSR count). The van der Waals surface area contributed by atoms with Gasteiger partial charge in [0.25, 0.3) is 0 Å². The van der Waals surface area contributed by atoms with Crippen molar-refractivity contribution in [3.8, 4) is 0 Å². The molecule has 0 aliphatic rings. The number of hydrogen-bond acceptors (Lipinski definition) is 4. The summed E-state index contributed by atoms with van der Waals surface area (Å²) in [5.74, 6) is 0. The Bertz CT molecular complexity index is 720. The quantitative estimate of drug-likeness (QED) is 0.732. The van der Waals surface area contributed by atoms with E-state index in [9.17, 15) is 13.5 Å². The van der Waals surface area contributed by atoms with Crippen LogP contribution in [0, 0.1) is 0 Å². The number of nitrogen functional groups attached to an aromatic ring is 1. The number of nitrogens with two attached hydrogens (primary N) is 1. The summed E-state index contributed by atoms with van der Waals surface area (Å²) in [6.45, 7) is -0.355. The Labute approximate surface area is 128 Å². The van der Waals surface area contributed by atoms with E-state index in [-0.39, 0.29) is 22.2 Å². The summed E-state index contributed by atoms with van der Waals surface area (Å²) in [6, 6.07) is 12.2. The molecule has 0 saturated heterocycles. The molecule has 2 aromatic carbocycles. The maximum atomic E-state index is 12.3. The summed E-state index contributed by atoms with van der Waals surface area (Å²) < 4.78 is 27.1. The highest BCUT2D eigenvalue weighted by Crippen LogP contribution is 2.23. The van der Waals surface area contributed by atoms with Gasteiger partial charge in [0, 0.05) is 0 Å². The normalized spacial score (nSPS) is 13.0. The van der Waals surface area contributed by atoms with E-state index in [0.29, 0.717) is 5.56 Å². The number of aliphatic hydroxyl groups is 1. The van der Waals surface area contributed by atoms with Crippen molar-refractivity contribution in [2.24, 2.45) is 0 Å². The van der Waals surface area contributed by atoms with E-state index >= 15 is 0 Å². The molecular weight excluding hydrogens is 312 g/mol. The Kier molecular flexibility index (Phi) is 4.84. The van der Waals surface area contributed by atoms with Crippen LogP contribution in [0.3, 0.4) is 0 Å². The highest BCUT2D eigenvalue weighted by Gasteiger charge is 2.21. The van der Waals surface area contributed by atoms with Crippen LogP contribution in [0.1, 0.15) is 11.6 Å². The zero-order valence-electron chi connectivity index (χ0n) is 11.0. The SMILES string of the molecule is Nc1cc(S(=O)(=O)N[C@@H](CO)c2ccccc2)ccc1Cl. The van der Waals surface area contributed by atoms with Crippen LogP contribution in [-0.2, 0) is 10.0 Å². The van der Waals surface area contributed by atoms with Crippen LogP contribution in [0.15, 0.2) is 53.4 Å². The van der Waals surface area contributed by atoms with Crippen molar-refractivity contribution in [2.45, 2.75) is 10.9 Å². The van der Waals surface area contributed by atoms with Gasteiger partial charge < -0.3 is 10.8 Å². The predicted molar refractivity (Wildman–Crippen MR) is 82.5 cm³/mol. The van der Waals surface area contributed by atoms with Gasteiger partial charge in [0.15, 0.2) is 0 Å². The summed E-state index contributed by atoms with van der Waals surface area (Å²) in [6.07, 6.45) is 0. The zero-order chi connectivity index (χ0) is 15.5. The minimum Gasteiger partial charge on any atom is -0.397 e. The average Bonchev–Trinajstić information content (AvgIpc) is 2.48. The first-order chi connectivity index (χ1) is 9.94. The van der Waals surface area contributed by atoms with Crippen molar-refractivity contribution in [2.75, 3.05) is 12.3 Å². The van der Waals surface area contributed by atoms with Crippen LogP contribution < -0.4 is 10.5 Å². The Morgan fingerprint density at radius 1 is 1.19 bits per heavy atom. The van der Waals surface area contributed by atoms with Gasteiger partial charge in [-0.3, -0.25) is 0 Å². The van der Waals surface area contributed by atoms with Gasteiger partial charge in [-0.1, -0.05) is 41.9 Å². The van der Waals surface area contributed by atoms with Gasteiger partial charge in [-0.2, -0.15) is 0 Å². The number of sulfonamides is 1. The van der Waals surface area contributed by atoms with Crippen LogP contribution in [-0.4, -0.2) is 20.1 Å². The van der Waals surface area contributed by atoms with Crippen molar-refractivity contribution in [1.29, 1.82) is 0 Å². The third kappa shape index (κ3) is 3.74. The van der Waals surface area contributed by atoms with Crippen LogP contribution in [0.5, 0.6) is 0 Å². The van der Waals surface area contributed by atoms with E-state index in [1.165, 1.54) is 18.2 Å². The van der Waals surface area contributed by atoms with E-state index in [1.807, 2.05) is 6.07 Å². The molecular formula is C14H15ClN2O3S. The summed E-state index contributed by atoms with van der Waals surface area (Å²) in [5.41, 5.74) is 6.47. The number of aliphatic hydroxyl groups excluding tert-OH is 1. The fourth-order valence-electron chi connectivity index (χ4n) is 1.84. The van der Waals surface area contributed by atoms with Gasteiger partial charge in [-0.25, -0.2) is 13.1 Å². The van der Waals surface area contributed by atoms with Crippen molar-refractivity contribution in [1.82, 2.24) is 4.72 Å². The lowest BCUT2D eigenvalue weighted by Gasteiger charge is -2.17. The first-order valence-corrected chi connectivity index (χ1v) is 8.03. The first kappa shape index (κ1) is 15.8. The maximum Gasteiger partial charge on any atom is 0.241 e. The molecule has 4 N–H and O–H groups in total. The summed E-state index contributed by atoms with van der Waals surface area (Å²) in [4.78, 5) is -0.00113. The fraction of sp³-hybridized carbons (Fsp3) is 0.143. The zero-order valence-corrected chi connectivity index (χ0v) is 12.6. The second-order valence-corrected chi connectivity index (χ2v) is 6.57. The van der Waals surface area contributed by atoms with Gasteiger partial charge in [0.05, 0.1) is 28.3 Å². The summed E-state index contributed by atoms with van der Waals surface area (Å²) >= 11 is 5.78. The molecule has 0 radical (unpaired) electrons. The van der Waals surface area contributed by atoms with Crippen LogP contribution in [0.25, 0.3) is 0 Å². The second-order valence-electron chi connectivity index (χ2n) is 4.45. The lowest BCUT2D eigenvalue weighted by molar-refractivity contribution is 0.259. The van der Waals surface area contributed by atoms with Gasteiger partial charge >= 0.3 is 0 Å². The van der Waals surface area contributed by atoms with Crippen LogP contribution >= 0.6 is 11.6 Å². The Morgan fingerprint density at radius 3 is 2.43 bits per heavy atom. The van der Waals surface area contributed by atoms with Gasteiger partial charge in [-0.05, 0) is 23.8 Å². The van der Waals surface area contributed by atoms with Gasteiger partial charge in [-0.15, -0.1) is 0 Å². The van der Waals surface area contributed by atoms with E-state index in [4.69, 9.17) is 17.3 Å². The van der Waals surface area contributed by atoms with Gasteiger partial charge in [0.2, 0.25) is 10.0 Å². The lowest BCUT2D eigenvalue weighted by Crippen LogP contribution is -2.30. The van der Waals surface area contributed by atoms with Crippen molar-refractivity contribution < 1.29 is 13.5 Å². The molecule has 1 atom stereocenters. The molecule has 0 unspecified atom stereocenters. The molecule has 7 heteroatoms. The predicted octanol–water partition coefficient (Wildman–Crippen LogP) is 1.93. The molecule has 0 aromatic heterocycles. The molecule has 0 saturated carbocycles. The minimum absolute atomic E-state index is 0.00113. The highest BCUT2D eigenvalue weighted by atomic mass is 35.5. The number of anilines is 1. The number of halogens is 1. The topological polar surface area (TPSA) is 92.4 Å². The van der Waals surface area contributed by atoms with Crippen LogP contribution in [0.2, 0.25) is 5.02 Å². The first-order valence-electron chi connectivity index (χ1n) is 6.17. The average molecular weight is 327 g/mol. The van der Waals surface area contributed by atoms with Crippen molar-refractivity contribution >= 4 is 27.3 Å². The van der Waals surface area contributed by atoms with Crippen molar-refractivity contribution in [3.63, 3.8) is 0 Å². The summed E-state index contributed by atoms with van der Waals surface area (Å²) in [7, 11) is -3.81. The van der Waals surface area contributed by atoms with E-state index in [0.717, 1.165) is 0 Å². The minimum atomic E-state index is -3.81. The highest BCUT2D eigenvalue weighted by molar-refractivity contribution is 7.89. The molecule has 0 heterocycles. The molecule has 2 aromatic rings. The Morgan fingerprint density at radius 2 is 1.86 bits per heavy atom. The largest absolute Gasteiger partial charge is 0.397 e. The monoisotopic (exact) mass is 326 g/mol. The molecule has 0 fully saturated rings. The Balaban J connectivity index is 2.29. The molecule has 0 aliphatic carbocycles. The molecule has 112 valence electrons. The molecule has 21 heavy (non-hydrogen) atoms. The lowest BCUT2D eigenvalue weighted by atomic mass is 10.1. The number of hydrogen-bond donors (Lipinski definition) is 3. The maximum absolute atomic E-state index is 12.3.